The summed E-state index contributed by atoms with van der Waals surface area (Å²) in [5.41, 5.74) is 4.46. The molecule has 0 amide bonds. The van der Waals surface area contributed by atoms with E-state index in [1.807, 2.05) is 67.6 Å². The van der Waals surface area contributed by atoms with Gasteiger partial charge in [-0.3, -0.25) is 0 Å². The molecule has 3 N–H and O–H groups in total. The summed E-state index contributed by atoms with van der Waals surface area (Å²) in [6.45, 7) is 7.04. The second-order valence-corrected chi connectivity index (χ2v) is 11.9. The first-order valence-corrected chi connectivity index (χ1v) is 15.5. The molecule has 8 heteroatoms. The van der Waals surface area contributed by atoms with Crippen LogP contribution in [0, 0.1) is 5.92 Å². The molecule has 0 saturated carbocycles. The number of hydrogen-bond acceptors (Lipinski definition) is 8. The Hall–Kier alpha value is -4.79. The third-order valence-electron chi connectivity index (χ3n) is 8.45. The van der Waals surface area contributed by atoms with Crippen molar-refractivity contribution in [3.63, 3.8) is 0 Å². The number of aliphatic hydroxyl groups excluding tert-OH is 2. The summed E-state index contributed by atoms with van der Waals surface area (Å²) < 4.78 is 23.4. The molecule has 4 atom stereocenters. The highest BCUT2D eigenvalue weighted by atomic mass is 16.5. The summed E-state index contributed by atoms with van der Waals surface area (Å²) in [5.74, 6) is 2.37. The lowest BCUT2D eigenvalue weighted by molar-refractivity contribution is -0.142. The largest absolute Gasteiger partial charge is 0.508 e. The minimum Gasteiger partial charge on any atom is -0.508 e. The normalized spacial score (nSPS) is 19.5. The molecular weight excluding hydrogens is 584 g/mol. The molecule has 4 unspecified atom stereocenters. The Morgan fingerprint density at radius 3 is 2.54 bits per heavy atom. The van der Waals surface area contributed by atoms with Gasteiger partial charge in [-0.15, -0.1) is 0 Å². The van der Waals surface area contributed by atoms with Crippen molar-refractivity contribution in [1.82, 2.24) is 0 Å². The van der Waals surface area contributed by atoms with Gasteiger partial charge in [0.2, 0.25) is 0 Å². The van der Waals surface area contributed by atoms with Crippen LogP contribution in [0.25, 0.3) is 10.8 Å². The highest BCUT2D eigenvalue weighted by Crippen LogP contribution is 2.53. The van der Waals surface area contributed by atoms with Crippen molar-refractivity contribution >= 4 is 16.7 Å². The molecule has 3 aliphatic rings. The molecule has 6 rings (SSSR count). The fourth-order valence-electron chi connectivity index (χ4n) is 6.01. The average molecular weight is 623 g/mol. The number of esters is 1. The molecule has 1 aliphatic heterocycles. The summed E-state index contributed by atoms with van der Waals surface area (Å²) in [5, 5.41) is 32.4. The van der Waals surface area contributed by atoms with Gasteiger partial charge in [-0.1, -0.05) is 43.8 Å². The van der Waals surface area contributed by atoms with E-state index in [0.29, 0.717) is 24.4 Å². The molecular formula is C38H38O8. The van der Waals surface area contributed by atoms with Crippen molar-refractivity contribution < 1.29 is 39.1 Å². The standard InChI is InChI=1S/C38H38O8/c1-4-26(39)19-43-29-11-13-31-24(17-29)7-15-33-36(31)35(23-5-9-27(40)10-6-23)37-32-14-12-30(18-25(32)8-16-34(37)46-33)44-20-28(41)21-45-38(42)22(2)3/h5-7,9-18,25-26,28,35,39-41H,2,4,8,19-21H2,1,3H3. The number of phenols is 1. The van der Waals surface area contributed by atoms with E-state index in [4.69, 9.17) is 18.9 Å². The molecule has 0 radical (unpaired) electrons. The lowest BCUT2D eigenvalue weighted by atomic mass is 9.72. The topological polar surface area (TPSA) is 115 Å². The number of allylic oxidation sites excluding steroid dienone is 6. The zero-order valence-corrected chi connectivity index (χ0v) is 25.9. The predicted molar refractivity (Wildman–Crippen MR) is 174 cm³/mol. The van der Waals surface area contributed by atoms with Crippen molar-refractivity contribution in [3.8, 4) is 17.2 Å². The molecule has 0 fully saturated rings. The average Bonchev–Trinajstić information content (AvgIpc) is 3.07. The number of fused-ring (bicyclic) bond motifs is 5. The molecule has 0 saturated heterocycles. The van der Waals surface area contributed by atoms with Crippen LogP contribution in [-0.4, -0.2) is 53.3 Å². The molecule has 8 nitrogen and oxygen atoms in total. The van der Waals surface area contributed by atoms with Crippen LogP contribution in [0.5, 0.6) is 17.2 Å². The second kappa shape index (κ2) is 13.3. The summed E-state index contributed by atoms with van der Waals surface area (Å²) in [6.07, 6.45) is 7.91. The maximum atomic E-state index is 11.7. The molecule has 3 aromatic carbocycles. The predicted octanol–water partition coefficient (Wildman–Crippen LogP) is 6.37. The summed E-state index contributed by atoms with van der Waals surface area (Å²) >= 11 is 0. The zero-order chi connectivity index (χ0) is 32.4. The number of aliphatic hydroxyl groups is 2. The van der Waals surface area contributed by atoms with E-state index in [-0.39, 0.29) is 43.0 Å². The SMILES string of the molecule is C=C(C)C(=O)OCC(O)COC1=CC2CC=C3Oc4ccc5cc(OCC(O)CC)ccc5c4C(c4ccc(O)cc4)C3=C2C=C1. The van der Waals surface area contributed by atoms with Gasteiger partial charge in [-0.25, -0.2) is 4.79 Å². The van der Waals surface area contributed by atoms with Gasteiger partial charge in [-0.05, 0) is 90.2 Å². The Bertz CT molecular complexity index is 1780. The minimum atomic E-state index is -0.978. The summed E-state index contributed by atoms with van der Waals surface area (Å²) in [6, 6.07) is 17.3. The molecule has 1 heterocycles. The Morgan fingerprint density at radius 1 is 1.00 bits per heavy atom. The van der Waals surface area contributed by atoms with E-state index in [1.165, 1.54) is 0 Å². The van der Waals surface area contributed by atoms with Gasteiger partial charge in [0.1, 0.15) is 54.7 Å². The Labute approximate surface area is 268 Å². The van der Waals surface area contributed by atoms with Crippen molar-refractivity contribution in [2.45, 2.75) is 44.8 Å². The Balaban J connectivity index is 1.33. The van der Waals surface area contributed by atoms with Gasteiger partial charge in [0.25, 0.3) is 0 Å². The van der Waals surface area contributed by atoms with E-state index in [9.17, 15) is 20.1 Å². The van der Waals surface area contributed by atoms with E-state index in [2.05, 4.69) is 12.7 Å². The maximum absolute atomic E-state index is 11.7. The van der Waals surface area contributed by atoms with Gasteiger partial charge in [0, 0.05) is 28.5 Å². The number of rotatable bonds is 11. The van der Waals surface area contributed by atoms with Crippen molar-refractivity contribution in [3.05, 3.63) is 125 Å². The van der Waals surface area contributed by atoms with Crippen LogP contribution in [0.4, 0.5) is 0 Å². The molecule has 0 aromatic heterocycles. The summed E-state index contributed by atoms with van der Waals surface area (Å²) in [4.78, 5) is 11.7. The molecule has 0 bridgehead atoms. The molecule has 238 valence electrons. The monoisotopic (exact) mass is 622 g/mol. The van der Waals surface area contributed by atoms with Crippen LogP contribution in [0.15, 0.2) is 114 Å². The van der Waals surface area contributed by atoms with Crippen molar-refractivity contribution in [2.24, 2.45) is 5.92 Å². The number of benzene rings is 3. The molecule has 3 aromatic rings. The van der Waals surface area contributed by atoms with Gasteiger partial charge in [0.05, 0.1) is 6.10 Å². The molecule has 46 heavy (non-hydrogen) atoms. The number of ether oxygens (including phenoxy) is 4. The lowest BCUT2D eigenvalue weighted by Crippen LogP contribution is -2.25. The quantitative estimate of drug-likeness (QED) is 0.167. The van der Waals surface area contributed by atoms with Crippen LogP contribution in [0.2, 0.25) is 0 Å². The fraction of sp³-hybridized carbons (Fsp3) is 0.289. The van der Waals surface area contributed by atoms with Crippen molar-refractivity contribution in [1.29, 1.82) is 0 Å². The number of hydrogen-bond donors (Lipinski definition) is 3. The number of carbonyl (C=O) groups excluding carboxylic acids is 1. The van der Waals surface area contributed by atoms with Crippen LogP contribution >= 0.6 is 0 Å². The van der Waals surface area contributed by atoms with E-state index >= 15 is 0 Å². The molecule has 0 spiro atoms. The van der Waals surface area contributed by atoms with Crippen LogP contribution in [-0.2, 0) is 14.3 Å². The van der Waals surface area contributed by atoms with E-state index in [0.717, 1.165) is 44.6 Å². The smallest absolute Gasteiger partial charge is 0.333 e. The highest BCUT2D eigenvalue weighted by Gasteiger charge is 2.38. The number of carbonyl (C=O) groups is 1. The Kier molecular flexibility index (Phi) is 9.01. The number of phenolic OH excluding ortho intramolecular Hbond substituents is 1. The third kappa shape index (κ3) is 6.45. The van der Waals surface area contributed by atoms with E-state index < -0.39 is 18.2 Å². The van der Waals surface area contributed by atoms with Gasteiger partial charge in [-0.2, -0.15) is 0 Å². The van der Waals surface area contributed by atoms with Crippen LogP contribution < -0.4 is 9.47 Å². The first-order valence-electron chi connectivity index (χ1n) is 15.5. The first kappa shape index (κ1) is 31.2. The van der Waals surface area contributed by atoms with E-state index in [1.54, 1.807) is 19.1 Å². The summed E-state index contributed by atoms with van der Waals surface area (Å²) in [7, 11) is 0. The molecule has 2 aliphatic carbocycles. The van der Waals surface area contributed by atoms with Crippen LogP contribution in [0.3, 0.4) is 0 Å². The fourth-order valence-corrected chi connectivity index (χ4v) is 6.01. The minimum absolute atomic E-state index is 0.0156. The Morgan fingerprint density at radius 2 is 1.78 bits per heavy atom. The second-order valence-electron chi connectivity index (χ2n) is 11.9. The van der Waals surface area contributed by atoms with Gasteiger partial charge >= 0.3 is 5.97 Å². The van der Waals surface area contributed by atoms with Gasteiger partial charge in [0.15, 0.2) is 0 Å². The van der Waals surface area contributed by atoms with Gasteiger partial charge < -0.3 is 34.3 Å². The first-order chi connectivity index (χ1) is 22.2. The maximum Gasteiger partial charge on any atom is 0.333 e. The van der Waals surface area contributed by atoms with Crippen molar-refractivity contribution in [2.75, 3.05) is 19.8 Å². The van der Waals surface area contributed by atoms with Crippen LogP contribution in [0.1, 0.15) is 43.7 Å². The zero-order valence-electron chi connectivity index (χ0n) is 25.9. The lowest BCUT2D eigenvalue weighted by Gasteiger charge is -2.37. The third-order valence-corrected chi connectivity index (χ3v) is 8.45. The number of aromatic hydroxyl groups is 1. The highest BCUT2D eigenvalue weighted by molar-refractivity contribution is 5.91.